The maximum Gasteiger partial charge on any atom is 0.343 e. The summed E-state index contributed by atoms with van der Waals surface area (Å²) < 4.78 is 4.68. The van der Waals surface area contributed by atoms with Gasteiger partial charge in [-0.3, -0.25) is 0 Å². The van der Waals surface area contributed by atoms with Crippen molar-refractivity contribution in [2.75, 3.05) is 0 Å². The van der Waals surface area contributed by atoms with Crippen LogP contribution in [-0.2, 0) is 14.3 Å². The van der Waals surface area contributed by atoms with E-state index in [1.165, 1.54) is 0 Å². The lowest BCUT2D eigenvalue weighted by atomic mass is 9.77. The molecule has 0 aromatic heterocycles. The average Bonchev–Trinajstić information content (AvgIpc) is 2.78. The molecule has 0 radical (unpaired) electrons. The third kappa shape index (κ3) is 0.703. The van der Waals surface area contributed by atoms with Crippen molar-refractivity contribution in [2.45, 2.75) is 32.6 Å². The zero-order valence-electron chi connectivity index (χ0n) is 8.13. The van der Waals surface area contributed by atoms with E-state index in [2.05, 4.69) is 11.7 Å². The highest BCUT2D eigenvalue weighted by Crippen LogP contribution is 2.61. The third-order valence-corrected chi connectivity index (χ3v) is 4.10. The summed E-state index contributed by atoms with van der Waals surface area (Å²) in [6, 6.07) is 0. The fourth-order valence-corrected chi connectivity index (χ4v) is 3.37. The molecule has 0 spiro atoms. The molecule has 3 heteroatoms. The van der Waals surface area contributed by atoms with E-state index in [0.717, 1.165) is 31.3 Å². The Labute approximate surface area is 82.1 Å². The Morgan fingerprint density at radius 2 is 2.21 bits per heavy atom. The summed E-state index contributed by atoms with van der Waals surface area (Å²) >= 11 is 0. The van der Waals surface area contributed by atoms with Crippen LogP contribution in [0.25, 0.3) is 0 Å². The van der Waals surface area contributed by atoms with Gasteiger partial charge in [-0.1, -0.05) is 6.92 Å². The largest absolute Gasteiger partial charge is 0.386 e. The normalized spacial score (nSPS) is 39.4. The number of carbonyl (C=O) groups is 2. The molecule has 1 heterocycles. The lowest BCUT2D eigenvalue weighted by molar-refractivity contribution is -0.152. The van der Waals surface area contributed by atoms with E-state index in [-0.39, 0.29) is 17.4 Å². The molecule has 0 aromatic rings. The highest BCUT2D eigenvalue weighted by molar-refractivity contribution is 6.14. The molecule has 3 aliphatic rings. The van der Waals surface area contributed by atoms with Gasteiger partial charge in [-0.2, -0.15) is 0 Å². The van der Waals surface area contributed by atoms with Crippen LogP contribution < -0.4 is 0 Å². The molecule has 2 unspecified atom stereocenters. The van der Waals surface area contributed by atoms with Crippen molar-refractivity contribution < 1.29 is 14.3 Å². The van der Waals surface area contributed by atoms with Gasteiger partial charge in [0.05, 0.1) is 11.1 Å². The van der Waals surface area contributed by atoms with Crippen molar-refractivity contribution in [1.82, 2.24) is 0 Å². The summed E-state index contributed by atoms with van der Waals surface area (Å²) in [5.74, 6) is -0.428. The van der Waals surface area contributed by atoms with Gasteiger partial charge < -0.3 is 4.74 Å². The van der Waals surface area contributed by atoms with Crippen LogP contribution >= 0.6 is 0 Å². The molecule has 1 fully saturated rings. The van der Waals surface area contributed by atoms with Crippen LogP contribution in [0.4, 0.5) is 0 Å². The van der Waals surface area contributed by atoms with Crippen LogP contribution in [0.5, 0.6) is 0 Å². The fourth-order valence-electron chi connectivity index (χ4n) is 3.37. The average molecular weight is 192 g/mol. The number of hydrogen-bond acceptors (Lipinski definition) is 3. The van der Waals surface area contributed by atoms with Crippen LogP contribution in [0, 0.1) is 11.3 Å². The van der Waals surface area contributed by atoms with Gasteiger partial charge in [0.1, 0.15) is 0 Å². The molecule has 0 saturated heterocycles. The number of hydrogen-bond donors (Lipinski definition) is 0. The molecule has 0 amide bonds. The predicted octanol–water partition coefficient (Wildman–Crippen LogP) is 1.58. The summed E-state index contributed by atoms with van der Waals surface area (Å²) in [7, 11) is 0. The first-order valence-corrected chi connectivity index (χ1v) is 5.19. The maximum absolute atomic E-state index is 11.5. The van der Waals surface area contributed by atoms with Gasteiger partial charge in [0.25, 0.3) is 0 Å². The van der Waals surface area contributed by atoms with Crippen molar-refractivity contribution in [3.63, 3.8) is 0 Å². The van der Waals surface area contributed by atoms with Crippen molar-refractivity contribution in [1.29, 1.82) is 0 Å². The van der Waals surface area contributed by atoms with Crippen LogP contribution in [0.2, 0.25) is 0 Å². The van der Waals surface area contributed by atoms with Gasteiger partial charge in [0.2, 0.25) is 0 Å². The standard InChI is InChI=1S/C11H12O3/c1-2-11-4-3-6(5-11)7-8(11)10(13)14-9(7)12/h6H,2-5H2,1H3. The first-order valence-electron chi connectivity index (χ1n) is 5.19. The van der Waals surface area contributed by atoms with Crippen LogP contribution in [0.15, 0.2) is 11.1 Å². The Morgan fingerprint density at radius 1 is 1.43 bits per heavy atom. The Kier molecular flexibility index (Phi) is 1.33. The van der Waals surface area contributed by atoms with Gasteiger partial charge in [-0.05, 0) is 31.6 Å². The van der Waals surface area contributed by atoms with Gasteiger partial charge >= 0.3 is 11.9 Å². The van der Waals surface area contributed by atoms with Crippen molar-refractivity contribution in [3.8, 4) is 0 Å². The SMILES string of the molecule is CCC12CCC(C1)C1=C2C(=O)OC1=O. The lowest BCUT2D eigenvalue weighted by Gasteiger charge is -2.25. The zero-order chi connectivity index (χ0) is 9.92. The highest BCUT2D eigenvalue weighted by atomic mass is 16.6. The molecule has 3 nitrogen and oxygen atoms in total. The van der Waals surface area contributed by atoms with Crippen molar-refractivity contribution in [2.24, 2.45) is 11.3 Å². The minimum atomic E-state index is -0.370. The topological polar surface area (TPSA) is 43.4 Å². The predicted molar refractivity (Wildman–Crippen MR) is 48.2 cm³/mol. The second-order valence-corrected chi connectivity index (χ2v) is 4.54. The van der Waals surface area contributed by atoms with Gasteiger partial charge in [-0.25, -0.2) is 9.59 Å². The van der Waals surface area contributed by atoms with E-state index < -0.39 is 0 Å². The van der Waals surface area contributed by atoms with Gasteiger partial charge in [0, 0.05) is 5.41 Å². The summed E-state index contributed by atoms with van der Waals surface area (Å²) in [6.07, 6.45) is 4.05. The van der Waals surface area contributed by atoms with Crippen molar-refractivity contribution in [3.05, 3.63) is 11.1 Å². The molecule has 14 heavy (non-hydrogen) atoms. The Balaban J connectivity index is 2.18. The fraction of sp³-hybridized carbons (Fsp3) is 0.636. The Hall–Kier alpha value is -1.12. The minimum Gasteiger partial charge on any atom is -0.386 e. The summed E-state index contributed by atoms with van der Waals surface area (Å²) in [5, 5.41) is 0. The van der Waals surface area contributed by atoms with Gasteiger partial charge in [-0.15, -0.1) is 0 Å². The van der Waals surface area contributed by atoms with Crippen LogP contribution in [-0.4, -0.2) is 11.9 Å². The molecular weight excluding hydrogens is 180 g/mol. The maximum atomic E-state index is 11.5. The number of fused-ring (bicyclic) bond motifs is 4. The second kappa shape index (κ2) is 2.27. The van der Waals surface area contributed by atoms with E-state index in [4.69, 9.17) is 0 Å². The molecule has 74 valence electrons. The summed E-state index contributed by atoms with van der Waals surface area (Å²) in [5.41, 5.74) is 1.42. The quantitative estimate of drug-likeness (QED) is 0.468. The summed E-state index contributed by atoms with van der Waals surface area (Å²) in [6.45, 7) is 2.09. The molecule has 2 atom stereocenters. The smallest absolute Gasteiger partial charge is 0.343 e. The highest BCUT2D eigenvalue weighted by Gasteiger charge is 2.58. The number of ether oxygens (including phenoxy) is 1. The number of rotatable bonds is 1. The van der Waals surface area contributed by atoms with E-state index >= 15 is 0 Å². The molecule has 0 N–H and O–H groups in total. The van der Waals surface area contributed by atoms with Gasteiger partial charge in [0.15, 0.2) is 0 Å². The van der Waals surface area contributed by atoms with Crippen LogP contribution in [0.3, 0.4) is 0 Å². The molecule has 1 aliphatic heterocycles. The number of cyclic esters (lactones) is 2. The van der Waals surface area contributed by atoms with E-state index in [9.17, 15) is 9.59 Å². The molecule has 1 saturated carbocycles. The molecule has 2 bridgehead atoms. The van der Waals surface area contributed by atoms with E-state index in [0.29, 0.717) is 11.5 Å². The number of esters is 2. The van der Waals surface area contributed by atoms with E-state index in [1.807, 2.05) is 0 Å². The molecule has 0 aromatic carbocycles. The molecule has 2 aliphatic carbocycles. The first kappa shape index (κ1) is 8.21. The monoisotopic (exact) mass is 192 g/mol. The Bertz CT molecular complexity index is 380. The third-order valence-electron chi connectivity index (χ3n) is 4.10. The summed E-state index contributed by atoms with van der Waals surface area (Å²) in [4.78, 5) is 22.9. The Morgan fingerprint density at radius 3 is 2.93 bits per heavy atom. The number of carbonyl (C=O) groups excluding carboxylic acids is 2. The minimum absolute atomic E-state index is 0.0107. The van der Waals surface area contributed by atoms with E-state index in [1.54, 1.807) is 0 Å². The lowest BCUT2D eigenvalue weighted by Crippen LogP contribution is -2.21. The molecular formula is C11H12O3. The molecule has 3 rings (SSSR count). The first-order chi connectivity index (χ1) is 6.68. The van der Waals surface area contributed by atoms with Crippen LogP contribution in [0.1, 0.15) is 32.6 Å². The zero-order valence-corrected chi connectivity index (χ0v) is 8.13. The second-order valence-electron chi connectivity index (χ2n) is 4.54. The van der Waals surface area contributed by atoms with Crippen molar-refractivity contribution >= 4 is 11.9 Å².